The number of nitrogens with one attached hydrogen (secondary N) is 1. The molecule has 1 aliphatic rings. The van der Waals surface area contributed by atoms with Gasteiger partial charge in [-0.1, -0.05) is 0 Å². The van der Waals surface area contributed by atoms with Crippen molar-refractivity contribution in [3.05, 3.63) is 24.5 Å². The van der Waals surface area contributed by atoms with Crippen molar-refractivity contribution < 1.29 is 13.2 Å². The Labute approximate surface area is 111 Å². The van der Waals surface area contributed by atoms with Gasteiger partial charge in [0.1, 0.15) is 4.90 Å². The van der Waals surface area contributed by atoms with E-state index in [2.05, 4.69) is 9.71 Å². The Balaban J connectivity index is 2.06. The highest BCUT2D eigenvalue weighted by molar-refractivity contribution is 7.99. The molecule has 0 spiro atoms. The van der Waals surface area contributed by atoms with E-state index in [1.54, 1.807) is 31.1 Å². The van der Waals surface area contributed by atoms with Gasteiger partial charge < -0.3 is 4.74 Å². The molecule has 1 atom stereocenters. The lowest BCUT2D eigenvalue weighted by atomic mass is 10.0. The lowest BCUT2D eigenvalue weighted by Crippen LogP contribution is -2.44. The average molecular weight is 288 g/mol. The summed E-state index contributed by atoms with van der Waals surface area (Å²) in [7, 11) is -1.87. The minimum absolute atomic E-state index is 0.182. The zero-order chi connectivity index (χ0) is 13.1. The molecule has 1 N–H and O–H groups in total. The first-order chi connectivity index (χ1) is 8.58. The van der Waals surface area contributed by atoms with Crippen LogP contribution in [0, 0.1) is 0 Å². The van der Waals surface area contributed by atoms with Crippen LogP contribution in [0.2, 0.25) is 0 Å². The van der Waals surface area contributed by atoms with Gasteiger partial charge >= 0.3 is 0 Å². The molecular formula is C11H16N2O3S2. The number of nitrogens with zero attached hydrogens (tertiary/aromatic N) is 1. The largest absolute Gasteiger partial charge is 0.376 e. The van der Waals surface area contributed by atoms with Gasteiger partial charge in [-0.3, -0.25) is 4.98 Å². The molecule has 1 fully saturated rings. The van der Waals surface area contributed by atoms with Gasteiger partial charge in [0.2, 0.25) is 10.0 Å². The molecular weight excluding hydrogens is 272 g/mol. The number of ether oxygens (including phenoxy) is 1. The Hall–Kier alpha value is -0.630. The van der Waals surface area contributed by atoms with Crippen molar-refractivity contribution in [2.24, 2.45) is 0 Å². The molecule has 0 radical (unpaired) electrons. The summed E-state index contributed by atoms with van der Waals surface area (Å²) in [5.74, 6) is 1.82. The number of methoxy groups -OCH3 is 1. The molecule has 2 rings (SSSR count). The molecule has 0 bridgehead atoms. The first kappa shape index (κ1) is 13.8. The van der Waals surface area contributed by atoms with Crippen molar-refractivity contribution in [3.63, 3.8) is 0 Å². The fraction of sp³-hybridized carbons (Fsp3) is 0.545. The highest BCUT2D eigenvalue weighted by Gasteiger charge is 2.35. The summed E-state index contributed by atoms with van der Waals surface area (Å²) in [4.78, 5) is 4.00. The molecule has 2 heterocycles. The molecule has 0 saturated carbocycles. The third-order valence-corrected chi connectivity index (χ3v) is 5.64. The van der Waals surface area contributed by atoms with E-state index >= 15 is 0 Å². The smallest absolute Gasteiger partial charge is 0.242 e. The topological polar surface area (TPSA) is 68.3 Å². The lowest BCUT2D eigenvalue weighted by Gasteiger charge is -2.26. The van der Waals surface area contributed by atoms with Crippen LogP contribution >= 0.6 is 11.8 Å². The quantitative estimate of drug-likeness (QED) is 0.871. The minimum Gasteiger partial charge on any atom is -0.376 e. The summed E-state index contributed by atoms with van der Waals surface area (Å²) in [6.45, 7) is 0.299. The predicted octanol–water partition coefficient (Wildman–Crippen LogP) is 0.882. The van der Waals surface area contributed by atoms with Gasteiger partial charge in [-0.05, 0) is 24.3 Å². The standard InChI is InChI=1S/C11H16N2O3S2/c1-16-11(4-6-17-9-11)8-13-18(14,15)10-3-2-5-12-7-10/h2-3,5,7,13H,4,6,8-9H2,1H3/t11-/m1/s1. The van der Waals surface area contributed by atoms with Crippen LogP contribution in [0.4, 0.5) is 0 Å². The van der Waals surface area contributed by atoms with Crippen LogP contribution in [0.1, 0.15) is 6.42 Å². The van der Waals surface area contributed by atoms with Crippen molar-refractivity contribution in [1.82, 2.24) is 9.71 Å². The highest BCUT2D eigenvalue weighted by atomic mass is 32.2. The first-order valence-corrected chi connectivity index (χ1v) is 8.24. The number of hydrogen-bond donors (Lipinski definition) is 1. The second kappa shape index (κ2) is 5.56. The van der Waals surface area contributed by atoms with E-state index in [-0.39, 0.29) is 10.5 Å². The second-order valence-corrected chi connectivity index (χ2v) is 7.08. The van der Waals surface area contributed by atoms with Crippen molar-refractivity contribution in [1.29, 1.82) is 0 Å². The summed E-state index contributed by atoms with van der Waals surface area (Å²) in [6.07, 6.45) is 3.75. The maximum absolute atomic E-state index is 12.0. The molecule has 0 amide bonds. The number of pyridine rings is 1. The third kappa shape index (κ3) is 3.03. The molecule has 1 aromatic heterocycles. The fourth-order valence-electron chi connectivity index (χ4n) is 1.78. The Bertz CT molecular complexity index is 484. The van der Waals surface area contributed by atoms with Gasteiger partial charge in [-0.15, -0.1) is 0 Å². The van der Waals surface area contributed by atoms with E-state index < -0.39 is 10.0 Å². The Kier molecular flexibility index (Phi) is 4.26. The molecule has 0 aliphatic carbocycles. The molecule has 7 heteroatoms. The maximum atomic E-state index is 12.0. The molecule has 0 aromatic carbocycles. The first-order valence-electron chi connectivity index (χ1n) is 5.61. The number of thioether (sulfide) groups is 1. The predicted molar refractivity (Wildman–Crippen MR) is 71.1 cm³/mol. The van der Waals surface area contributed by atoms with Crippen molar-refractivity contribution in [2.45, 2.75) is 16.9 Å². The second-order valence-electron chi connectivity index (χ2n) is 4.20. The lowest BCUT2D eigenvalue weighted by molar-refractivity contribution is 0.0179. The van der Waals surface area contributed by atoms with Crippen LogP contribution in [-0.2, 0) is 14.8 Å². The normalized spacial score (nSPS) is 24.3. The summed E-state index contributed by atoms with van der Waals surface area (Å²) >= 11 is 1.78. The van der Waals surface area contributed by atoms with E-state index in [1.165, 1.54) is 12.3 Å². The number of aromatic nitrogens is 1. The van der Waals surface area contributed by atoms with Crippen LogP contribution in [0.5, 0.6) is 0 Å². The van der Waals surface area contributed by atoms with Gasteiger partial charge in [0.15, 0.2) is 0 Å². The summed E-state index contributed by atoms with van der Waals surface area (Å²) in [5, 5.41) is 0. The Morgan fingerprint density at radius 1 is 1.61 bits per heavy atom. The van der Waals surface area contributed by atoms with Crippen molar-refractivity contribution >= 4 is 21.8 Å². The van der Waals surface area contributed by atoms with Crippen LogP contribution in [0.15, 0.2) is 29.4 Å². The highest BCUT2D eigenvalue weighted by Crippen LogP contribution is 2.30. The molecule has 0 unspecified atom stereocenters. The monoisotopic (exact) mass is 288 g/mol. The van der Waals surface area contributed by atoms with Gasteiger partial charge in [-0.2, -0.15) is 11.8 Å². The van der Waals surface area contributed by atoms with Crippen molar-refractivity contribution in [3.8, 4) is 0 Å². The number of rotatable bonds is 5. The fourth-order valence-corrected chi connectivity index (χ4v) is 4.25. The molecule has 100 valence electrons. The van der Waals surface area contributed by atoms with Gasteiger partial charge in [0.05, 0.1) is 5.60 Å². The molecule has 1 aliphatic heterocycles. The van der Waals surface area contributed by atoms with Crippen molar-refractivity contribution in [2.75, 3.05) is 25.2 Å². The van der Waals surface area contributed by atoms with Crippen LogP contribution < -0.4 is 4.72 Å². The third-order valence-electron chi connectivity index (χ3n) is 3.03. The Morgan fingerprint density at radius 3 is 3.00 bits per heavy atom. The van der Waals surface area contributed by atoms with E-state index in [0.717, 1.165) is 17.9 Å². The summed E-state index contributed by atoms with van der Waals surface area (Å²) in [5.41, 5.74) is -0.375. The van der Waals surface area contributed by atoms with Crippen LogP contribution in [0.3, 0.4) is 0 Å². The van der Waals surface area contributed by atoms with E-state index in [9.17, 15) is 8.42 Å². The van der Waals surface area contributed by atoms with Gasteiger partial charge in [-0.25, -0.2) is 13.1 Å². The molecule has 18 heavy (non-hydrogen) atoms. The van der Waals surface area contributed by atoms with E-state index in [1.807, 2.05) is 0 Å². The molecule has 1 aromatic rings. The Morgan fingerprint density at radius 2 is 2.44 bits per heavy atom. The van der Waals surface area contributed by atoms with Crippen LogP contribution in [-0.4, -0.2) is 44.2 Å². The number of hydrogen-bond acceptors (Lipinski definition) is 5. The minimum atomic E-state index is -3.50. The van der Waals surface area contributed by atoms with E-state index in [0.29, 0.717) is 6.54 Å². The summed E-state index contributed by atoms with van der Waals surface area (Å²) < 4.78 is 32.1. The SMILES string of the molecule is CO[C@@]1(CNS(=O)(=O)c2cccnc2)CCSC1. The van der Waals surface area contributed by atoms with Gasteiger partial charge in [0, 0.05) is 31.8 Å². The van der Waals surface area contributed by atoms with Crippen LogP contribution in [0.25, 0.3) is 0 Å². The maximum Gasteiger partial charge on any atom is 0.242 e. The zero-order valence-corrected chi connectivity index (χ0v) is 11.8. The molecule has 5 nitrogen and oxygen atoms in total. The van der Waals surface area contributed by atoms with Gasteiger partial charge in [0.25, 0.3) is 0 Å². The summed E-state index contributed by atoms with van der Waals surface area (Å²) in [6, 6.07) is 3.13. The average Bonchev–Trinajstić information content (AvgIpc) is 2.87. The van der Waals surface area contributed by atoms with E-state index in [4.69, 9.17) is 4.74 Å². The number of sulfonamides is 1. The molecule has 1 saturated heterocycles. The zero-order valence-electron chi connectivity index (χ0n) is 10.1.